The Morgan fingerprint density at radius 1 is 1.38 bits per heavy atom. The Hall–Kier alpha value is -0.180. The zero-order valence-corrected chi connectivity index (χ0v) is 10.1. The fraction of sp³-hybridized carbons (Fsp3) is 0.900. The molecule has 1 aliphatic heterocycles. The van der Waals surface area contributed by atoms with E-state index < -0.39 is 0 Å². The third-order valence-electron chi connectivity index (χ3n) is 1.84. The number of hydrogen-bond acceptors (Lipinski definition) is 3. The van der Waals surface area contributed by atoms with Crippen LogP contribution in [0.2, 0.25) is 0 Å². The van der Waals surface area contributed by atoms with Crippen LogP contribution >= 0.6 is 11.8 Å². The number of thioether (sulfide) groups is 1. The minimum absolute atomic E-state index is 0.124. The summed E-state index contributed by atoms with van der Waals surface area (Å²) in [6.45, 7) is 10.9. The van der Waals surface area contributed by atoms with E-state index in [2.05, 4.69) is 44.9 Å². The third kappa shape index (κ3) is 4.03. The molecule has 1 rings (SSSR count). The van der Waals surface area contributed by atoms with Crippen LogP contribution < -0.4 is 5.32 Å². The number of amidine groups is 1. The molecule has 1 aliphatic rings. The second kappa shape index (κ2) is 3.52. The van der Waals surface area contributed by atoms with Crippen LogP contribution in [0.3, 0.4) is 0 Å². The average molecular weight is 200 g/mol. The van der Waals surface area contributed by atoms with Crippen LogP contribution in [-0.4, -0.2) is 22.0 Å². The van der Waals surface area contributed by atoms with Crippen molar-refractivity contribution in [3.63, 3.8) is 0 Å². The number of nitrogens with zero attached hydrogens (tertiary/aromatic N) is 1. The lowest BCUT2D eigenvalue weighted by Crippen LogP contribution is -2.42. The minimum atomic E-state index is 0.124. The number of rotatable bonds is 0. The number of nitrogens with one attached hydrogen (secondary N) is 1. The first kappa shape index (κ1) is 10.9. The van der Waals surface area contributed by atoms with Gasteiger partial charge in [-0.15, -0.1) is 0 Å². The van der Waals surface area contributed by atoms with Gasteiger partial charge >= 0.3 is 0 Å². The Morgan fingerprint density at radius 2 is 2.00 bits per heavy atom. The van der Waals surface area contributed by atoms with Crippen molar-refractivity contribution < 1.29 is 0 Å². The monoisotopic (exact) mass is 200 g/mol. The Balaban J connectivity index is 2.65. The molecule has 1 heterocycles. The summed E-state index contributed by atoms with van der Waals surface area (Å²) >= 11 is 1.83. The van der Waals surface area contributed by atoms with Crippen LogP contribution in [0, 0.1) is 0 Å². The molecule has 13 heavy (non-hydrogen) atoms. The maximum absolute atomic E-state index is 4.67. The van der Waals surface area contributed by atoms with Crippen LogP contribution in [0.5, 0.6) is 0 Å². The Bertz CT molecular complexity index is 213. The Morgan fingerprint density at radius 3 is 2.46 bits per heavy atom. The highest BCUT2D eigenvalue weighted by Gasteiger charge is 2.24. The molecule has 0 spiro atoms. The largest absolute Gasteiger partial charge is 0.360 e. The molecule has 0 aromatic carbocycles. The van der Waals surface area contributed by atoms with Crippen molar-refractivity contribution in [1.82, 2.24) is 5.32 Å². The molecule has 0 radical (unpaired) electrons. The highest BCUT2D eigenvalue weighted by atomic mass is 32.2. The summed E-state index contributed by atoms with van der Waals surface area (Å²) in [6.07, 6.45) is 1.17. The van der Waals surface area contributed by atoms with Gasteiger partial charge in [0.2, 0.25) is 0 Å². The van der Waals surface area contributed by atoms with Crippen molar-refractivity contribution >= 4 is 16.9 Å². The SMILES string of the molecule is CC1(C)CCSC(NC(C)(C)C)=N1. The first-order valence-electron chi connectivity index (χ1n) is 4.79. The van der Waals surface area contributed by atoms with E-state index in [0.29, 0.717) is 0 Å². The van der Waals surface area contributed by atoms with Gasteiger partial charge in [-0.3, -0.25) is 4.99 Å². The summed E-state index contributed by atoms with van der Waals surface area (Å²) in [4.78, 5) is 4.67. The normalized spacial score (nSPS) is 22.4. The highest BCUT2D eigenvalue weighted by molar-refractivity contribution is 8.13. The first-order valence-corrected chi connectivity index (χ1v) is 5.78. The van der Waals surface area contributed by atoms with Gasteiger partial charge in [-0.2, -0.15) is 0 Å². The van der Waals surface area contributed by atoms with Crippen LogP contribution in [0.25, 0.3) is 0 Å². The van der Waals surface area contributed by atoms with E-state index in [1.807, 2.05) is 11.8 Å². The Kier molecular flexibility index (Phi) is 2.95. The van der Waals surface area contributed by atoms with E-state index >= 15 is 0 Å². The van der Waals surface area contributed by atoms with Gasteiger partial charge in [-0.25, -0.2) is 0 Å². The fourth-order valence-corrected chi connectivity index (χ4v) is 2.63. The summed E-state index contributed by atoms with van der Waals surface area (Å²) in [5.41, 5.74) is 0.248. The smallest absolute Gasteiger partial charge is 0.157 e. The molecule has 0 bridgehead atoms. The Labute approximate surface area is 85.6 Å². The van der Waals surface area contributed by atoms with Crippen molar-refractivity contribution in [2.24, 2.45) is 4.99 Å². The topological polar surface area (TPSA) is 24.4 Å². The highest BCUT2D eigenvalue weighted by Crippen LogP contribution is 2.25. The van der Waals surface area contributed by atoms with E-state index in [1.54, 1.807) is 0 Å². The first-order chi connectivity index (χ1) is 5.79. The molecular formula is C10H20N2S. The summed E-state index contributed by atoms with van der Waals surface area (Å²) in [5, 5.41) is 4.53. The molecule has 0 saturated carbocycles. The molecule has 0 atom stereocenters. The van der Waals surface area contributed by atoms with E-state index in [4.69, 9.17) is 0 Å². The fourth-order valence-electron chi connectivity index (χ4n) is 1.15. The third-order valence-corrected chi connectivity index (χ3v) is 2.71. The predicted octanol–water partition coefficient (Wildman–Crippen LogP) is 2.65. The number of aliphatic imine (C=N–C) groups is 1. The van der Waals surface area contributed by atoms with Gasteiger partial charge in [0, 0.05) is 11.3 Å². The second-order valence-electron chi connectivity index (χ2n) is 5.20. The molecule has 0 aromatic heterocycles. The van der Waals surface area contributed by atoms with Gasteiger partial charge in [0.15, 0.2) is 5.17 Å². The van der Waals surface area contributed by atoms with E-state index in [1.165, 1.54) is 12.2 Å². The van der Waals surface area contributed by atoms with Crippen molar-refractivity contribution in [2.45, 2.75) is 52.1 Å². The lowest BCUT2D eigenvalue weighted by Gasteiger charge is -2.30. The van der Waals surface area contributed by atoms with Gasteiger partial charge in [-0.1, -0.05) is 11.8 Å². The standard InChI is InChI=1S/C10H20N2S/c1-9(2,3)11-8-12-10(4,5)6-7-13-8/h6-7H2,1-5H3,(H,11,12). The van der Waals surface area contributed by atoms with Crippen molar-refractivity contribution in [2.75, 3.05) is 5.75 Å². The van der Waals surface area contributed by atoms with E-state index in [0.717, 1.165) is 5.17 Å². The molecule has 0 unspecified atom stereocenters. The molecule has 3 heteroatoms. The zero-order valence-electron chi connectivity index (χ0n) is 9.27. The molecule has 0 amide bonds. The maximum atomic E-state index is 4.67. The van der Waals surface area contributed by atoms with Gasteiger partial charge < -0.3 is 5.32 Å². The second-order valence-corrected chi connectivity index (χ2v) is 6.29. The molecule has 0 fully saturated rings. The molecule has 2 nitrogen and oxygen atoms in total. The van der Waals surface area contributed by atoms with Crippen LogP contribution in [-0.2, 0) is 0 Å². The molecule has 0 aliphatic carbocycles. The predicted molar refractivity (Wildman–Crippen MR) is 61.5 cm³/mol. The van der Waals surface area contributed by atoms with E-state index in [9.17, 15) is 0 Å². The van der Waals surface area contributed by atoms with Crippen molar-refractivity contribution in [3.8, 4) is 0 Å². The lowest BCUT2D eigenvalue weighted by atomic mass is 10.0. The summed E-state index contributed by atoms with van der Waals surface area (Å²) in [6, 6.07) is 0. The quantitative estimate of drug-likeness (QED) is 0.650. The van der Waals surface area contributed by atoms with Crippen molar-refractivity contribution in [3.05, 3.63) is 0 Å². The molecule has 1 N–H and O–H groups in total. The van der Waals surface area contributed by atoms with Gasteiger partial charge in [0.25, 0.3) is 0 Å². The maximum Gasteiger partial charge on any atom is 0.157 e. The van der Waals surface area contributed by atoms with Crippen LogP contribution in [0.1, 0.15) is 41.0 Å². The molecule has 0 saturated heterocycles. The van der Waals surface area contributed by atoms with E-state index in [-0.39, 0.29) is 11.1 Å². The summed E-state index contributed by atoms with van der Waals surface area (Å²) < 4.78 is 0. The average Bonchev–Trinajstić information content (AvgIpc) is 1.79. The summed E-state index contributed by atoms with van der Waals surface area (Å²) in [7, 11) is 0. The van der Waals surface area contributed by atoms with Crippen molar-refractivity contribution in [1.29, 1.82) is 0 Å². The molecule has 0 aromatic rings. The van der Waals surface area contributed by atoms with Gasteiger partial charge in [-0.05, 0) is 41.0 Å². The molecule has 76 valence electrons. The lowest BCUT2D eigenvalue weighted by molar-refractivity contribution is 0.482. The van der Waals surface area contributed by atoms with Gasteiger partial charge in [0.1, 0.15) is 0 Å². The van der Waals surface area contributed by atoms with Gasteiger partial charge in [0.05, 0.1) is 5.54 Å². The molecular weight excluding hydrogens is 180 g/mol. The minimum Gasteiger partial charge on any atom is -0.360 e. The van der Waals surface area contributed by atoms with Crippen LogP contribution in [0.15, 0.2) is 4.99 Å². The van der Waals surface area contributed by atoms with Crippen LogP contribution in [0.4, 0.5) is 0 Å². The number of hydrogen-bond donors (Lipinski definition) is 1. The summed E-state index contributed by atoms with van der Waals surface area (Å²) in [5.74, 6) is 1.18. The zero-order chi connectivity index (χ0) is 10.1.